The maximum Gasteiger partial charge on any atom is 0.433 e. The molecule has 2 heterocycles. The number of rotatable bonds is 7. The Labute approximate surface area is 174 Å². The number of anilines is 4. The third kappa shape index (κ3) is 5.98. The zero-order chi connectivity index (χ0) is 22.4. The standard InChI is InChI=1S/C20H16F4N6O/c1-2-17(31)28-13-4-3-5-14(8-13)29-19-27-11-15(21)18(30-19)26-10-12-6-7-16(25-9-12)20(22,23)24/h2-9,11H,1,10H2,(H,28,31)(H2,26,27,29,30). The molecular weight excluding hydrogens is 416 g/mol. The number of pyridine rings is 1. The van der Waals surface area contributed by atoms with Crippen LogP contribution in [0.4, 0.5) is 40.7 Å². The van der Waals surface area contributed by atoms with E-state index in [-0.39, 0.29) is 24.2 Å². The number of carbonyl (C=O) groups excluding carboxylic acids is 1. The van der Waals surface area contributed by atoms with Gasteiger partial charge in [0.2, 0.25) is 11.9 Å². The van der Waals surface area contributed by atoms with E-state index in [4.69, 9.17) is 0 Å². The number of nitrogens with one attached hydrogen (secondary N) is 3. The van der Waals surface area contributed by atoms with Crippen molar-refractivity contribution in [2.75, 3.05) is 16.0 Å². The summed E-state index contributed by atoms with van der Waals surface area (Å²) in [4.78, 5) is 22.6. The Balaban J connectivity index is 1.68. The molecule has 1 aromatic carbocycles. The van der Waals surface area contributed by atoms with Crippen molar-refractivity contribution in [3.05, 3.63) is 78.5 Å². The van der Waals surface area contributed by atoms with Crippen molar-refractivity contribution in [1.82, 2.24) is 15.0 Å². The maximum atomic E-state index is 14.0. The summed E-state index contributed by atoms with van der Waals surface area (Å²) in [6.45, 7) is 3.38. The number of amides is 1. The minimum atomic E-state index is -4.53. The maximum absolute atomic E-state index is 14.0. The number of alkyl halides is 3. The number of aromatic nitrogens is 3. The van der Waals surface area contributed by atoms with Gasteiger partial charge in [0.15, 0.2) is 11.6 Å². The molecule has 0 aliphatic heterocycles. The number of carbonyl (C=O) groups is 1. The zero-order valence-corrected chi connectivity index (χ0v) is 15.9. The van der Waals surface area contributed by atoms with Crippen molar-refractivity contribution in [3.63, 3.8) is 0 Å². The van der Waals surface area contributed by atoms with Crippen LogP contribution in [0.5, 0.6) is 0 Å². The van der Waals surface area contributed by atoms with Gasteiger partial charge in [-0.05, 0) is 35.9 Å². The minimum Gasteiger partial charge on any atom is -0.363 e. The van der Waals surface area contributed by atoms with Gasteiger partial charge in [-0.15, -0.1) is 0 Å². The summed E-state index contributed by atoms with van der Waals surface area (Å²) >= 11 is 0. The van der Waals surface area contributed by atoms with Crippen LogP contribution in [0.3, 0.4) is 0 Å². The minimum absolute atomic E-state index is 0.00157. The molecule has 7 nitrogen and oxygen atoms in total. The van der Waals surface area contributed by atoms with Crippen molar-refractivity contribution in [2.45, 2.75) is 12.7 Å². The third-order valence-electron chi connectivity index (χ3n) is 3.89. The molecule has 0 saturated carbocycles. The predicted molar refractivity (Wildman–Crippen MR) is 107 cm³/mol. The molecule has 31 heavy (non-hydrogen) atoms. The molecule has 0 radical (unpaired) electrons. The number of hydrogen-bond donors (Lipinski definition) is 3. The van der Waals surface area contributed by atoms with Gasteiger partial charge in [-0.2, -0.15) is 18.2 Å². The van der Waals surface area contributed by atoms with Crippen molar-refractivity contribution in [3.8, 4) is 0 Å². The highest BCUT2D eigenvalue weighted by Gasteiger charge is 2.31. The van der Waals surface area contributed by atoms with Gasteiger partial charge in [0.05, 0.1) is 6.20 Å². The first-order chi connectivity index (χ1) is 14.7. The Morgan fingerprint density at radius 1 is 1.10 bits per heavy atom. The van der Waals surface area contributed by atoms with Gasteiger partial charge in [0.25, 0.3) is 0 Å². The van der Waals surface area contributed by atoms with Gasteiger partial charge in [0.1, 0.15) is 5.69 Å². The van der Waals surface area contributed by atoms with Crippen LogP contribution in [-0.2, 0) is 17.5 Å². The van der Waals surface area contributed by atoms with Crippen molar-refractivity contribution in [2.24, 2.45) is 0 Å². The normalized spacial score (nSPS) is 11.0. The van der Waals surface area contributed by atoms with E-state index < -0.39 is 17.7 Å². The Morgan fingerprint density at radius 2 is 1.87 bits per heavy atom. The van der Waals surface area contributed by atoms with E-state index in [9.17, 15) is 22.4 Å². The van der Waals surface area contributed by atoms with E-state index in [1.807, 2.05) is 0 Å². The van der Waals surface area contributed by atoms with Gasteiger partial charge >= 0.3 is 6.18 Å². The molecule has 0 fully saturated rings. The van der Waals surface area contributed by atoms with Crippen LogP contribution in [0.2, 0.25) is 0 Å². The number of hydrogen-bond acceptors (Lipinski definition) is 6. The first-order valence-electron chi connectivity index (χ1n) is 8.83. The Hall–Kier alpha value is -4.02. The average Bonchev–Trinajstić information content (AvgIpc) is 2.74. The molecule has 3 rings (SSSR count). The van der Waals surface area contributed by atoms with Crippen molar-refractivity contribution >= 4 is 29.0 Å². The highest BCUT2D eigenvalue weighted by molar-refractivity contribution is 5.99. The number of halogens is 4. The lowest BCUT2D eigenvalue weighted by Crippen LogP contribution is -2.10. The zero-order valence-electron chi connectivity index (χ0n) is 15.9. The van der Waals surface area contributed by atoms with Crippen LogP contribution in [-0.4, -0.2) is 20.9 Å². The first-order valence-corrected chi connectivity index (χ1v) is 8.83. The lowest BCUT2D eigenvalue weighted by Gasteiger charge is -2.11. The summed E-state index contributed by atoms with van der Waals surface area (Å²) in [6.07, 6.45) is -1.40. The fourth-order valence-corrected chi connectivity index (χ4v) is 2.43. The van der Waals surface area contributed by atoms with Crippen molar-refractivity contribution in [1.29, 1.82) is 0 Å². The lowest BCUT2D eigenvalue weighted by atomic mass is 10.2. The fourth-order valence-electron chi connectivity index (χ4n) is 2.43. The van der Waals surface area contributed by atoms with Gasteiger partial charge in [-0.3, -0.25) is 9.78 Å². The first kappa shape index (κ1) is 21.7. The van der Waals surface area contributed by atoms with Gasteiger partial charge in [-0.25, -0.2) is 9.37 Å². The lowest BCUT2D eigenvalue weighted by molar-refractivity contribution is -0.141. The van der Waals surface area contributed by atoms with E-state index in [2.05, 4.69) is 37.5 Å². The number of benzene rings is 1. The summed E-state index contributed by atoms with van der Waals surface area (Å²) in [5.74, 6) is -1.19. The molecule has 160 valence electrons. The molecule has 0 spiro atoms. The second-order valence-corrected chi connectivity index (χ2v) is 6.19. The van der Waals surface area contributed by atoms with E-state index in [0.29, 0.717) is 16.9 Å². The van der Waals surface area contributed by atoms with E-state index in [1.54, 1.807) is 24.3 Å². The van der Waals surface area contributed by atoms with Crippen molar-refractivity contribution < 1.29 is 22.4 Å². The summed E-state index contributed by atoms with van der Waals surface area (Å²) in [5, 5.41) is 8.19. The Bertz CT molecular complexity index is 1090. The quantitative estimate of drug-likeness (QED) is 0.376. The monoisotopic (exact) mass is 432 g/mol. The van der Waals surface area contributed by atoms with Crippen LogP contribution in [0.1, 0.15) is 11.3 Å². The highest BCUT2D eigenvalue weighted by atomic mass is 19.4. The molecule has 0 atom stereocenters. The van der Waals surface area contributed by atoms with E-state index >= 15 is 0 Å². The summed E-state index contributed by atoms with van der Waals surface area (Å²) in [6, 6.07) is 8.75. The fraction of sp³-hybridized carbons (Fsp3) is 0.100. The van der Waals surface area contributed by atoms with Crippen LogP contribution in [0.25, 0.3) is 0 Å². The molecule has 0 aliphatic carbocycles. The molecule has 0 aliphatic rings. The van der Waals surface area contributed by atoms with E-state index in [1.165, 1.54) is 6.07 Å². The van der Waals surface area contributed by atoms with Crippen LogP contribution in [0, 0.1) is 5.82 Å². The van der Waals surface area contributed by atoms with Crippen LogP contribution >= 0.6 is 0 Å². The second kappa shape index (κ2) is 9.20. The smallest absolute Gasteiger partial charge is 0.363 e. The molecule has 3 aromatic rings. The highest BCUT2D eigenvalue weighted by Crippen LogP contribution is 2.27. The summed E-state index contributed by atoms with van der Waals surface area (Å²) in [7, 11) is 0. The molecule has 2 aromatic heterocycles. The predicted octanol–water partition coefficient (Wildman–Crippen LogP) is 4.51. The average molecular weight is 432 g/mol. The topological polar surface area (TPSA) is 91.8 Å². The molecule has 0 saturated heterocycles. The molecule has 3 N–H and O–H groups in total. The SMILES string of the molecule is C=CC(=O)Nc1cccc(Nc2ncc(F)c(NCc3ccc(C(F)(F)F)nc3)n2)c1. The van der Waals surface area contributed by atoms with Gasteiger partial charge in [-0.1, -0.05) is 18.7 Å². The van der Waals surface area contributed by atoms with Gasteiger partial charge < -0.3 is 16.0 Å². The largest absolute Gasteiger partial charge is 0.433 e. The summed E-state index contributed by atoms with van der Waals surface area (Å²) < 4.78 is 51.8. The van der Waals surface area contributed by atoms with Crippen LogP contribution in [0.15, 0.2) is 61.4 Å². The molecule has 0 unspecified atom stereocenters. The summed E-state index contributed by atoms with van der Waals surface area (Å²) in [5.41, 5.74) is 0.435. The molecule has 0 bridgehead atoms. The van der Waals surface area contributed by atoms with Crippen LogP contribution < -0.4 is 16.0 Å². The molecule has 11 heteroatoms. The van der Waals surface area contributed by atoms with E-state index in [0.717, 1.165) is 24.5 Å². The third-order valence-corrected chi connectivity index (χ3v) is 3.89. The second-order valence-electron chi connectivity index (χ2n) is 6.19. The Kier molecular flexibility index (Phi) is 6.43. The number of nitrogens with zero attached hydrogens (tertiary/aromatic N) is 3. The Morgan fingerprint density at radius 3 is 2.55 bits per heavy atom. The molecule has 1 amide bonds. The molecular formula is C20H16F4N6O. The van der Waals surface area contributed by atoms with Gasteiger partial charge in [0, 0.05) is 24.1 Å².